The van der Waals surface area contributed by atoms with Crippen LogP contribution in [-0.2, 0) is 21.3 Å². The minimum absolute atomic E-state index is 0.200. The Hall–Kier alpha value is -1.81. The lowest BCUT2D eigenvalue weighted by atomic mass is 10.1. The fourth-order valence-electron chi connectivity index (χ4n) is 3.91. The van der Waals surface area contributed by atoms with E-state index in [-0.39, 0.29) is 17.7 Å². The molecule has 0 N–H and O–H groups in total. The Morgan fingerprint density at radius 3 is 2.44 bits per heavy atom. The molecule has 0 saturated carbocycles. The zero-order valence-corrected chi connectivity index (χ0v) is 19.6. The van der Waals surface area contributed by atoms with Crippen molar-refractivity contribution in [2.45, 2.75) is 70.3 Å². The summed E-state index contributed by atoms with van der Waals surface area (Å²) in [5.74, 6) is -0.104. The normalized spacial score (nSPS) is 16.8. The van der Waals surface area contributed by atoms with E-state index in [9.17, 15) is 26.4 Å². The minimum Gasteiger partial charge on any atom is -0.376 e. The van der Waals surface area contributed by atoms with E-state index in [1.807, 2.05) is 4.90 Å². The summed E-state index contributed by atoms with van der Waals surface area (Å²) in [6.07, 6.45) is 6.44. The Morgan fingerprint density at radius 2 is 1.81 bits per heavy atom. The highest BCUT2D eigenvalue weighted by molar-refractivity contribution is 7.88. The van der Waals surface area contributed by atoms with Gasteiger partial charge in [-0.15, -0.1) is 0 Å². The highest BCUT2D eigenvalue weighted by atomic mass is 32.2. The molecular formula is C22H33F3N2O4S. The number of benzene rings is 1. The third-order valence-electron chi connectivity index (χ3n) is 5.77. The third kappa shape index (κ3) is 7.95. The lowest BCUT2D eigenvalue weighted by Crippen LogP contribution is -2.36. The molecule has 32 heavy (non-hydrogen) atoms. The van der Waals surface area contributed by atoms with Crippen molar-refractivity contribution < 1.29 is 30.6 Å². The summed E-state index contributed by atoms with van der Waals surface area (Å²) < 4.78 is 63.6. The number of amides is 1. The Bertz CT molecular complexity index is 829. The van der Waals surface area contributed by atoms with E-state index < -0.39 is 15.6 Å². The molecule has 182 valence electrons. The Kier molecular flexibility index (Phi) is 9.82. The summed E-state index contributed by atoms with van der Waals surface area (Å²) in [5.41, 5.74) is -4.58. The largest absolute Gasteiger partial charge is 0.534 e. The first-order valence-electron chi connectivity index (χ1n) is 11.1. The van der Waals surface area contributed by atoms with Crippen LogP contribution in [0, 0.1) is 0 Å². The molecule has 0 aromatic heterocycles. The summed E-state index contributed by atoms with van der Waals surface area (Å²) in [4.78, 5) is 16.4. The number of alkyl halides is 3. The molecule has 1 amide bonds. The number of hydrogen-bond donors (Lipinski definition) is 0. The first-order chi connectivity index (χ1) is 15.0. The summed E-state index contributed by atoms with van der Waals surface area (Å²) >= 11 is 0. The molecule has 1 fully saturated rings. The van der Waals surface area contributed by atoms with Gasteiger partial charge in [0.1, 0.15) is 5.75 Å². The van der Waals surface area contributed by atoms with E-state index in [2.05, 4.69) is 22.9 Å². The number of hydrogen-bond acceptors (Lipinski definition) is 5. The predicted octanol–water partition coefficient (Wildman–Crippen LogP) is 4.35. The van der Waals surface area contributed by atoms with Gasteiger partial charge in [0.15, 0.2) is 0 Å². The Balaban J connectivity index is 1.80. The zero-order chi connectivity index (χ0) is 23.8. The quantitative estimate of drug-likeness (QED) is 0.269. The fourth-order valence-corrected chi connectivity index (χ4v) is 4.37. The molecule has 0 bridgehead atoms. The lowest BCUT2D eigenvalue weighted by molar-refractivity contribution is -0.130. The summed E-state index contributed by atoms with van der Waals surface area (Å²) in [6, 6.07) is 5.83. The van der Waals surface area contributed by atoms with Crippen LogP contribution in [0.1, 0.15) is 57.9 Å². The maximum atomic E-state index is 12.4. The SMILES string of the molecule is CCN(CCCCN1CCCCCC1=O)C(C)Cc1ccc(OS(=O)(=O)C(F)(F)F)cc1. The van der Waals surface area contributed by atoms with Crippen molar-refractivity contribution in [3.05, 3.63) is 29.8 Å². The van der Waals surface area contributed by atoms with Gasteiger partial charge in [0, 0.05) is 25.6 Å². The van der Waals surface area contributed by atoms with Crippen LogP contribution in [0.4, 0.5) is 13.2 Å². The van der Waals surface area contributed by atoms with Gasteiger partial charge in [-0.3, -0.25) is 4.79 Å². The molecule has 1 heterocycles. The second-order valence-corrected chi connectivity index (χ2v) is 9.75. The smallest absolute Gasteiger partial charge is 0.376 e. The van der Waals surface area contributed by atoms with E-state index in [0.29, 0.717) is 12.8 Å². The first kappa shape index (κ1) is 26.4. The van der Waals surface area contributed by atoms with Crippen molar-refractivity contribution in [3.63, 3.8) is 0 Å². The molecular weight excluding hydrogens is 445 g/mol. The number of carbonyl (C=O) groups excluding carboxylic acids is 1. The average molecular weight is 479 g/mol. The molecule has 1 aliphatic rings. The van der Waals surface area contributed by atoms with Crippen molar-refractivity contribution in [2.75, 3.05) is 26.2 Å². The van der Waals surface area contributed by atoms with E-state index in [1.54, 1.807) is 12.1 Å². The van der Waals surface area contributed by atoms with E-state index in [1.165, 1.54) is 12.1 Å². The Labute approximate surface area is 188 Å². The maximum absolute atomic E-state index is 12.4. The van der Waals surface area contributed by atoms with Crippen LogP contribution in [0.3, 0.4) is 0 Å². The van der Waals surface area contributed by atoms with Gasteiger partial charge in [0.25, 0.3) is 0 Å². The number of nitrogens with zero attached hydrogens (tertiary/aromatic N) is 2. The molecule has 10 heteroatoms. The van der Waals surface area contributed by atoms with Crippen LogP contribution in [0.15, 0.2) is 24.3 Å². The van der Waals surface area contributed by atoms with Gasteiger partial charge in [-0.2, -0.15) is 21.6 Å². The molecule has 0 spiro atoms. The topological polar surface area (TPSA) is 66.9 Å². The molecule has 1 aromatic carbocycles. The number of carbonyl (C=O) groups is 1. The van der Waals surface area contributed by atoms with Crippen LogP contribution in [0.25, 0.3) is 0 Å². The third-order valence-corrected chi connectivity index (χ3v) is 6.75. The van der Waals surface area contributed by atoms with Crippen LogP contribution in [0.2, 0.25) is 0 Å². The fraction of sp³-hybridized carbons (Fsp3) is 0.682. The minimum atomic E-state index is -5.66. The van der Waals surface area contributed by atoms with Gasteiger partial charge in [0.05, 0.1) is 0 Å². The second kappa shape index (κ2) is 11.9. The van der Waals surface area contributed by atoms with Gasteiger partial charge < -0.3 is 14.0 Å². The average Bonchev–Trinajstić information content (AvgIpc) is 2.92. The van der Waals surface area contributed by atoms with Crippen LogP contribution < -0.4 is 4.18 Å². The number of halogens is 3. The standard InChI is InChI=1S/C22H33F3N2O4S/c1-3-26(14-7-8-16-27-15-6-4-5-9-21(27)28)18(2)17-19-10-12-20(13-11-19)31-32(29,30)22(23,24)25/h10-13,18H,3-9,14-17H2,1-2H3. The van der Waals surface area contributed by atoms with E-state index in [0.717, 1.165) is 63.8 Å². The summed E-state index contributed by atoms with van der Waals surface area (Å²) in [7, 11) is -5.66. The molecule has 1 atom stereocenters. The van der Waals surface area contributed by atoms with Gasteiger partial charge in [-0.1, -0.05) is 25.5 Å². The Morgan fingerprint density at radius 1 is 1.12 bits per heavy atom. The molecule has 6 nitrogen and oxygen atoms in total. The van der Waals surface area contributed by atoms with E-state index >= 15 is 0 Å². The number of unbranched alkanes of at least 4 members (excludes halogenated alkanes) is 1. The van der Waals surface area contributed by atoms with Gasteiger partial charge in [-0.25, -0.2) is 0 Å². The second-order valence-electron chi connectivity index (χ2n) is 8.21. The van der Waals surface area contributed by atoms with E-state index in [4.69, 9.17) is 0 Å². The van der Waals surface area contributed by atoms with Gasteiger partial charge in [-0.05, 0) is 69.8 Å². The van der Waals surface area contributed by atoms with Crippen LogP contribution in [0.5, 0.6) is 5.75 Å². The molecule has 0 aliphatic carbocycles. The zero-order valence-electron chi connectivity index (χ0n) is 18.7. The van der Waals surface area contributed by atoms with Crippen molar-refractivity contribution in [1.29, 1.82) is 0 Å². The summed E-state index contributed by atoms with van der Waals surface area (Å²) in [5, 5.41) is 0. The number of likely N-dealkylation sites (N-methyl/N-ethyl adjacent to an activating group) is 1. The lowest BCUT2D eigenvalue weighted by Gasteiger charge is -2.28. The molecule has 1 aromatic rings. The van der Waals surface area contributed by atoms with Crippen molar-refractivity contribution in [3.8, 4) is 5.75 Å². The van der Waals surface area contributed by atoms with Crippen molar-refractivity contribution in [1.82, 2.24) is 9.80 Å². The van der Waals surface area contributed by atoms with Crippen molar-refractivity contribution in [2.24, 2.45) is 0 Å². The maximum Gasteiger partial charge on any atom is 0.534 e. The number of rotatable bonds is 11. The highest BCUT2D eigenvalue weighted by Crippen LogP contribution is 2.27. The molecule has 0 radical (unpaired) electrons. The van der Waals surface area contributed by atoms with Gasteiger partial charge >= 0.3 is 15.6 Å². The first-order valence-corrected chi connectivity index (χ1v) is 12.6. The highest BCUT2D eigenvalue weighted by Gasteiger charge is 2.48. The molecule has 1 unspecified atom stereocenters. The molecule has 1 aliphatic heterocycles. The van der Waals surface area contributed by atoms with Crippen LogP contribution >= 0.6 is 0 Å². The monoisotopic (exact) mass is 478 g/mol. The van der Waals surface area contributed by atoms with Crippen LogP contribution in [-0.4, -0.2) is 61.9 Å². The number of likely N-dealkylation sites (tertiary alicyclic amines) is 1. The van der Waals surface area contributed by atoms with Crippen molar-refractivity contribution >= 4 is 16.0 Å². The van der Waals surface area contributed by atoms with Gasteiger partial charge in [0.2, 0.25) is 5.91 Å². The predicted molar refractivity (Wildman–Crippen MR) is 117 cm³/mol. The molecule has 1 saturated heterocycles. The summed E-state index contributed by atoms with van der Waals surface area (Å²) in [6.45, 7) is 7.57. The molecule has 2 rings (SSSR count).